The van der Waals surface area contributed by atoms with E-state index in [0.717, 1.165) is 50.7 Å². The van der Waals surface area contributed by atoms with E-state index in [1.807, 2.05) is 13.8 Å². The molecule has 0 spiro atoms. The summed E-state index contributed by atoms with van der Waals surface area (Å²) in [5, 5.41) is 7.43. The van der Waals surface area contributed by atoms with Gasteiger partial charge in [-0.2, -0.15) is 5.10 Å². The molecule has 1 fully saturated rings. The smallest absolute Gasteiger partial charge is 0.255 e. The molecule has 1 aliphatic rings. The highest BCUT2D eigenvalue weighted by molar-refractivity contribution is 5.96. The van der Waals surface area contributed by atoms with Crippen LogP contribution in [-0.4, -0.2) is 60.0 Å². The molecule has 1 N–H and O–H groups in total. The first kappa shape index (κ1) is 18.5. The molecule has 3 rings (SSSR count). The number of morpholine rings is 1. The number of carbonyl (C=O) groups excluding carboxylic acids is 1. The van der Waals surface area contributed by atoms with E-state index in [9.17, 15) is 9.18 Å². The van der Waals surface area contributed by atoms with Crippen molar-refractivity contribution in [1.82, 2.24) is 20.0 Å². The summed E-state index contributed by atoms with van der Waals surface area (Å²) in [5.74, 6) is -0.413. The second-order valence-electron chi connectivity index (χ2n) is 6.50. The summed E-state index contributed by atoms with van der Waals surface area (Å²) in [6, 6.07) is 6.08. The van der Waals surface area contributed by atoms with Crippen LogP contribution in [0.2, 0.25) is 0 Å². The first-order chi connectivity index (χ1) is 12.6. The van der Waals surface area contributed by atoms with Crippen LogP contribution in [0.4, 0.5) is 4.39 Å². The normalized spacial score (nSPS) is 15.2. The van der Waals surface area contributed by atoms with Crippen LogP contribution in [-0.2, 0) is 4.74 Å². The van der Waals surface area contributed by atoms with Crippen molar-refractivity contribution in [3.05, 3.63) is 47.0 Å². The van der Waals surface area contributed by atoms with Crippen LogP contribution < -0.4 is 5.32 Å². The number of rotatable bonds is 6. The maximum atomic E-state index is 13.1. The average Bonchev–Trinajstić information content (AvgIpc) is 2.94. The molecule has 1 aromatic carbocycles. The molecule has 1 amide bonds. The van der Waals surface area contributed by atoms with Gasteiger partial charge in [-0.05, 0) is 51.1 Å². The fourth-order valence-corrected chi connectivity index (χ4v) is 3.22. The second kappa shape index (κ2) is 8.42. The number of nitrogens with one attached hydrogen (secondary N) is 1. The van der Waals surface area contributed by atoms with Gasteiger partial charge >= 0.3 is 0 Å². The third-order valence-corrected chi connectivity index (χ3v) is 4.63. The number of hydrogen-bond donors (Lipinski definition) is 1. The maximum Gasteiger partial charge on any atom is 0.255 e. The van der Waals surface area contributed by atoms with E-state index in [2.05, 4.69) is 15.3 Å². The van der Waals surface area contributed by atoms with Gasteiger partial charge in [0, 0.05) is 19.6 Å². The second-order valence-corrected chi connectivity index (χ2v) is 6.50. The van der Waals surface area contributed by atoms with Gasteiger partial charge in [-0.15, -0.1) is 0 Å². The molecule has 1 aliphatic heterocycles. The Hall–Kier alpha value is -2.25. The molecular formula is C19H25FN4O2. The maximum absolute atomic E-state index is 13.1. The number of hydrogen-bond acceptors (Lipinski definition) is 4. The predicted molar refractivity (Wildman–Crippen MR) is 97.2 cm³/mol. The fraction of sp³-hybridized carbons (Fsp3) is 0.474. The van der Waals surface area contributed by atoms with Crippen LogP contribution in [0.3, 0.4) is 0 Å². The van der Waals surface area contributed by atoms with Gasteiger partial charge in [0.25, 0.3) is 5.91 Å². The Labute approximate surface area is 152 Å². The van der Waals surface area contributed by atoms with Gasteiger partial charge < -0.3 is 10.1 Å². The quantitative estimate of drug-likeness (QED) is 0.802. The van der Waals surface area contributed by atoms with Crippen molar-refractivity contribution in [2.45, 2.75) is 20.3 Å². The van der Waals surface area contributed by atoms with Crippen LogP contribution in [0.1, 0.15) is 28.2 Å². The van der Waals surface area contributed by atoms with Crippen molar-refractivity contribution in [3.8, 4) is 5.69 Å². The summed E-state index contributed by atoms with van der Waals surface area (Å²) in [6.45, 7) is 8.72. The summed E-state index contributed by atoms with van der Waals surface area (Å²) in [6.07, 6.45) is 0.899. The van der Waals surface area contributed by atoms with Gasteiger partial charge in [-0.25, -0.2) is 9.07 Å². The number of nitrogens with zero attached hydrogens (tertiary/aromatic N) is 3. The number of benzene rings is 1. The summed E-state index contributed by atoms with van der Waals surface area (Å²) in [7, 11) is 0. The van der Waals surface area contributed by atoms with Gasteiger partial charge in [0.2, 0.25) is 0 Å². The molecule has 1 aromatic heterocycles. The van der Waals surface area contributed by atoms with Crippen LogP contribution >= 0.6 is 0 Å². The molecule has 0 unspecified atom stereocenters. The minimum atomic E-state index is -0.298. The van der Waals surface area contributed by atoms with Crippen molar-refractivity contribution in [3.63, 3.8) is 0 Å². The highest BCUT2D eigenvalue weighted by Crippen LogP contribution is 2.18. The Morgan fingerprint density at radius 3 is 2.62 bits per heavy atom. The lowest BCUT2D eigenvalue weighted by molar-refractivity contribution is 0.0374. The zero-order valence-electron chi connectivity index (χ0n) is 15.3. The van der Waals surface area contributed by atoms with E-state index in [0.29, 0.717) is 17.8 Å². The molecule has 26 heavy (non-hydrogen) atoms. The average molecular weight is 360 g/mol. The molecule has 0 bridgehead atoms. The highest BCUT2D eigenvalue weighted by atomic mass is 19.1. The molecule has 0 radical (unpaired) electrons. The topological polar surface area (TPSA) is 59.4 Å². The number of halogens is 1. The van der Waals surface area contributed by atoms with Crippen LogP contribution in [0.15, 0.2) is 24.3 Å². The first-order valence-corrected chi connectivity index (χ1v) is 8.96. The standard InChI is InChI=1S/C19H25FN4O2/c1-14-18(15(2)24(22-14)17-6-4-16(20)5-7-17)19(25)21-8-3-9-23-10-12-26-13-11-23/h4-7H,3,8-13H2,1-2H3,(H,21,25). The van der Waals surface area contributed by atoms with Gasteiger partial charge in [0.15, 0.2) is 0 Å². The largest absolute Gasteiger partial charge is 0.379 e. The van der Waals surface area contributed by atoms with E-state index in [1.165, 1.54) is 12.1 Å². The highest BCUT2D eigenvalue weighted by Gasteiger charge is 2.19. The molecule has 2 aromatic rings. The van der Waals surface area contributed by atoms with Gasteiger partial charge in [-0.3, -0.25) is 9.69 Å². The van der Waals surface area contributed by atoms with E-state index in [-0.39, 0.29) is 11.7 Å². The van der Waals surface area contributed by atoms with E-state index >= 15 is 0 Å². The third kappa shape index (κ3) is 4.28. The lowest BCUT2D eigenvalue weighted by Crippen LogP contribution is -2.38. The molecule has 0 saturated carbocycles. The van der Waals surface area contributed by atoms with Crippen molar-refractivity contribution in [2.24, 2.45) is 0 Å². The number of ether oxygens (including phenoxy) is 1. The zero-order valence-corrected chi connectivity index (χ0v) is 15.3. The molecule has 140 valence electrons. The van der Waals surface area contributed by atoms with Crippen LogP contribution in [0, 0.1) is 19.7 Å². The molecule has 2 heterocycles. The van der Waals surface area contributed by atoms with Crippen molar-refractivity contribution in [2.75, 3.05) is 39.4 Å². The number of carbonyl (C=O) groups is 1. The molecular weight excluding hydrogens is 335 g/mol. The zero-order chi connectivity index (χ0) is 18.5. The monoisotopic (exact) mass is 360 g/mol. The molecule has 1 saturated heterocycles. The van der Waals surface area contributed by atoms with Crippen LogP contribution in [0.5, 0.6) is 0 Å². The van der Waals surface area contributed by atoms with Gasteiger partial charge in [0.1, 0.15) is 5.82 Å². The number of amides is 1. The Balaban J connectivity index is 1.59. The lowest BCUT2D eigenvalue weighted by atomic mass is 10.2. The van der Waals surface area contributed by atoms with E-state index in [4.69, 9.17) is 4.74 Å². The molecule has 0 atom stereocenters. The van der Waals surface area contributed by atoms with Gasteiger partial charge in [-0.1, -0.05) is 0 Å². The third-order valence-electron chi connectivity index (χ3n) is 4.63. The molecule has 6 nitrogen and oxygen atoms in total. The lowest BCUT2D eigenvalue weighted by Gasteiger charge is -2.26. The summed E-state index contributed by atoms with van der Waals surface area (Å²) < 4.78 is 20.1. The van der Waals surface area contributed by atoms with Crippen molar-refractivity contribution in [1.29, 1.82) is 0 Å². The van der Waals surface area contributed by atoms with Gasteiger partial charge in [0.05, 0.1) is 35.9 Å². The van der Waals surface area contributed by atoms with Crippen molar-refractivity contribution < 1.29 is 13.9 Å². The number of aromatic nitrogens is 2. The van der Waals surface area contributed by atoms with Crippen LogP contribution in [0.25, 0.3) is 5.69 Å². The minimum absolute atomic E-state index is 0.115. The Morgan fingerprint density at radius 2 is 1.92 bits per heavy atom. The minimum Gasteiger partial charge on any atom is -0.379 e. The Kier molecular flexibility index (Phi) is 6.00. The summed E-state index contributed by atoms with van der Waals surface area (Å²) in [4.78, 5) is 14.9. The Morgan fingerprint density at radius 1 is 1.23 bits per heavy atom. The molecule has 7 heteroatoms. The van der Waals surface area contributed by atoms with Crippen molar-refractivity contribution >= 4 is 5.91 Å². The summed E-state index contributed by atoms with van der Waals surface area (Å²) in [5.41, 5.74) is 2.73. The fourth-order valence-electron chi connectivity index (χ4n) is 3.22. The summed E-state index contributed by atoms with van der Waals surface area (Å²) >= 11 is 0. The SMILES string of the molecule is Cc1nn(-c2ccc(F)cc2)c(C)c1C(=O)NCCCN1CCOCC1. The molecule has 0 aliphatic carbocycles. The first-order valence-electron chi connectivity index (χ1n) is 8.96. The van der Waals surface area contributed by atoms with E-state index < -0.39 is 0 Å². The Bertz CT molecular complexity index is 752. The van der Waals surface area contributed by atoms with E-state index in [1.54, 1.807) is 16.8 Å². The predicted octanol–water partition coefficient (Wildman–Crippen LogP) is 2.08. The number of aryl methyl sites for hydroxylation is 1.